The molecule has 0 aromatic carbocycles. The van der Waals surface area contributed by atoms with Crippen LogP contribution in [0.25, 0.3) is 10.2 Å². The number of aliphatic carboxylic acids is 1. The number of carbonyl (C=O) groups is 1. The number of carboxylic acid groups (broad SMARTS) is 1. The summed E-state index contributed by atoms with van der Waals surface area (Å²) in [5, 5.41) is 12.6. The van der Waals surface area contributed by atoms with Crippen LogP contribution in [0.3, 0.4) is 0 Å². The molecule has 0 aliphatic carbocycles. The number of thiophene rings is 1. The predicted octanol–water partition coefficient (Wildman–Crippen LogP) is 2.65. The van der Waals surface area contributed by atoms with Gasteiger partial charge in [-0.25, -0.2) is 9.97 Å². The fraction of sp³-hybridized carbons (Fsp3) is 0.300. The first kappa shape index (κ1) is 11.3. The lowest BCUT2D eigenvalue weighted by Crippen LogP contribution is -2.27. The van der Waals surface area contributed by atoms with Crippen molar-refractivity contribution in [1.29, 1.82) is 0 Å². The van der Waals surface area contributed by atoms with E-state index in [-0.39, 0.29) is 0 Å². The van der Waals surface area contributed by atoms with Crippen molar-refractivity contribution in [2.45, 2.75) is 23.6 Å². The summed E-state index contributed by atoms with van der Waals surface area (Å²) in [4.78, 5) is 20.2. The Morgan fingerprint density at radius 1 is 1.50 bits per heavy atom. The van der Waals surface area contributed by atoms with E-state index >= 15 is 0 Å². The summed E-state index contributed by atoms with van der Waals surface area (Å²) in [5.74, 6) is -0.848. The van der Waals surface area contributed by atoms with Crippen LogP contribution in [0.15, 0.2) is 22.8 Å². The lowest BCUT2D eigenvalue weighted by atomic mass is 10.2. The zero-order valence-electron chi connectivity index (χ0n) is 8.80. The van der Waals surface area contributed by atoms with Crippen molar-refractivity contribution in [2.24, 2.45) is 0 Å². The lowest BCUT2D eigenvalue weighted by Gasteiger charge is -2.17. The van der Waals surface area contributed by atoms with Crippen molar-refractivity contribution in [2.75, 3.05) is 0 Å². The van der Waals surface area contributed by atoms with Gasteiger partial charge >= 0.3 is 5.97 Å². The van der Waals surface area contributed by atoms with Gasteiger partial charge in [0, 0.05) is 5.39 Å². The Hall–Kier alpha value is -1.14. The lowest BCUT2D eigenvalue weighted by molar-refractivity contribution is -0.138. The molecule has 0 spiro atoms. The third kappa shape index (κ3) is 2.03. The van der Waals surface area contributed by atoms with E-state index in [1.54, 1.807) is 13.8 Å². The van der Waals surface area contributed by atoms with E-state index in [0.29, 0.717) is 0 Å². The van der Waals surface area contributed by atoms with Crippen LogP contribution in [-0.4, -0.2) is 25.8 Å². The number of carboxylic acids is 1. The van der Waals surface area contributed by atoms with Crippen molar-refractivity contribution >= 4 is 39.3 Å². The second-order valence-electron chi connectivity index (χ2n) is 3.74. The molecule has 0 aliphatic heterocycles. The Labute approximate surface area is 101 Å². The normalized spacial score (nSPS) is 11.9. The van der Waals surface area contributed by atoms with Crippen LogP contribution < -0.4 is 0 Å². The number of fused-ring (bicyclic) bond motifs is 1. The molecule has 0 radical (unpaired) electrons. The number of nitrogens with zero attached hydrogens (tertiary/aromatic N) is 2. The van der Waals surface area contributed by atoms with Gasteiger partial charge in [-0.1, -0.05) is 11.8 Å². The average Bonchev–Trinajstić information content (AvgIpc) is 2.65. The minimum Gasteiger partial charge on any atom is -0.480 e. The Kier molecular flexibility index (Phi) is 2.86. The van der Waals surface area contributed by atoms with Crippen molar-refractivity contribution in [3.63, 3.8) is 0 Å². The molecule has 84 valence electrons. The number of aromatic nitrogens is 2. The SMILES string of the molecule is CC(C)(Sc1ncnc2sccc12)C(=O)O. The summed E-state index contributed by atoms with van der Waals surface area (Å²) in [6.45, 7) is 3.33. The molecule has 0 atom stereocenters. The van der Waals surface area contributed by atoms with Crippen LogP contribution in [0.5, 0.6) is 0 Å². The van der Waals surface area contributed by atoms with E-state index in [1.807, 2.05) is 11.4 Å². The molecule has 2 aromatic rings. The minimum absolute atomic E-state index is 0.721. The Bertz CT molecular complexity index is 536. The van der Waals surface area contributed by atoms with E-state index in [9.17, 15) is 4.79 Å². The molecule has 0 saturated carbocycles. The second kappa shape index (κ2) is 4.03. The molecule has 1 N–H and O–H groups in total. The summed E-state index contributed by atoms with van der Waals surface area (Å²) in [6, 6.07) is 1.92. The summed E-state index contributed by atoms with van der Waals surface area (Å²) >= 11 is 2.77. The fourth-order valence-corrected chi connectivity index (χ4v) is 2.88. The number of rotatable bonds is 3. The van der Waals surface area contributed by atoms with E-state index in [4.69, 9.17) is 5.11 Å². The molecule has 2 aromatic heterocycles. The van der Waals surface area contributed by atoms with Gasteiger partial charge < -0.3 is 5.11 Å². The van der Waals surface area contributed by atoms with Crippen LogP contribution in [0.2, 0.25) is 0 Å². The first-order valence-corrected chi connectivity index (χ1v) is 6.31. The highest BCUT2D eigenvalue weighted by atomic mass is 32.2. The first-order valence-electron chi connectivity index (χ1n) is 4.61. The van der Waals surface area contributed by atoms with Crippen molar-refractivity contribution in [3.8, 4) is 0 Å². The molecule has 0 aliphatic rings. The molecule has 0 unspecified atom stereocenters. The van der Waals surface area contributed by atoms with Crippen molar-refractivity contribution in [3.05, 3.63) is 17.8 Å². The smallest absolute Gasteiger partial charge is 0.319 e. The van der Waals surface area contributed by atoms with E-state index in [1.165, 1.54) is 29.4 Å². The molecule has 16 heavy (non-hydrogen) atoms. The largest absolute Gasteiger partial charge is 0.480 e. The molecule has 0 bridgehead atoms. The molecule has 0 fully saturated rings. The van der Waals surface area contributed by atoms with Crippen LogP contribution in [0, 0.1) is 0 Å². The number of thioether (sulfide) groups is 1. The highest BCUT2D eigenvalue weighted by Gasteiger charge is 2.29. The third-order valence-corrected chi connectivity index (χ3v) is 4.12. The van der Waals surface area contributed by atoms with Gasteiger partial charge in [-0.2, -0.15) is 0 Å². The minimum atomic E-state index is -0.886. The third-order valence-electron chi connectivity index (χ3n) is 2.09. The highest BCUT2D eigenvalue weighted by molar-refractivity contribution is 8.01. The van der Waals surface area contributed by atoms with Crippen LogP contribution >= 0.6 is 23.1 Å². The van der Waals surface area contributed by atoms with Gasteiger partial charge in [-0.3, -0.25) is 4.79 Å². The van der Waals surface area contributed by atoms with E-state index < -0.39 is 10.7 Å². The second-order valence-corrected chi connectivity index (χ2v) is 6.24. The van der Waals surface area contributed by atoms with Gasteiger partial charge in [-0.15, -0.1) is 11.3 Å². The molecule has 0 saturated heterocycles. The van der Waals surface area contributed by atoms with Crippen molar-refractivity contribution in [1.82, 2.24) is 9.97 Å². The maximum atomic E-state index is 11.0. The van der Waals surface area contributed by atoms with Crippen LogP contribution in [0.4, 0.5) is 0 Å². The summed E-state index contributed by atoms with van der Waals surface area (Å²) in [7, 11) is 0. The molecule has 0 amide bonds. The summed E-state index contributed by atoms with van der Waals surface area (Å²) < 4.78 is -0.886. The maximum Gasteiger partial charge on any atom is 0.319 e. The summed E-state index contributed by atoms with van der Waals surface area (Å²) in [5.41, 5.74) is 0. The average molecular weight is 254 g/mol. The molecule has 6 heteroatoms. The van der Waals surface area contributed by atoms with Gasteiger partial charge in [0.2, 0.25) is 0 Å². The fourth-order valence-electron chi connectivity index (χ4n) is 1.13. The molecular formula is C10H10N2O2S2. The predicted molar refractivity (Wildman–Crippen MR) is 65.0 cm³/mol. The monoisotopic (exact) mass is 254 g/mol. The van der Waals surface area contributed by atoms with Crippen LogP contribution in [-0.2, 0) is 4.79 Å². The summed E-state index contributed by atoms with van der Waals surface area (Å²) in [6.07, 6.45) is 1.47. The zero-order chi connectivity index (χ0) is 11.8. The maximum absolute atomic E-state index is 11.0. The highest BCUT2D eigenvalue weighted by Crippen LogP contribution is 2.36. The Balaban J connectivity index is 2.41. The van der Waals surface area contributed by atoms with Gasteiger partial charge in [0.15, 0.2) is 0 Å². The standard InChI is InChI=1S/C10H10N2O2S2/c1-10(2,9(13)14)16-8-6-3-4-15-7(6)11-5-12-8/h3-5H,1-2H3,(H,13,14). The first-order chi connectivity index (χ1) is 7.50. The molecule has 2 rings (SSSR count). The Morgan fingerprint density at radius 3 is 2.94 bits per heavy atom. The van der Waals surface area contributed by atoms with Crippen molar-refractivity contribution < 1.29 is 9.90 Å². The van der Waals surface area contributed by atoms with Gasteiger partial charge in [0.05, 0.1) is 0 Å². The Morgan fingerprint density at radius 2 is 2.25 bits per heavy atom. The van der Waals surface area contributed by atoms with E-state index in [0.717, 1.165) is 15.2 Å². The topological polar surface area (TPSA) is 63.1 Å². The number of hydrogen-bond acceptors (Lipinski definition) is 5. The van der Waals surface area contributed by atoms with Gasteiger partial charge in [0.1, 0.15) is 20.9 Å². The number of hydrogen-bond donors (Lipinski definition) is 1. The van der Waals surface area contributed by atoms with Gasteiger partial charge in [-0.05, 0) is 25.3 Å². The molecular weight excluding hydrogens is 244 g/mol. The molecule has 4 nitrogen and oxygen atoms in total. The quantitative estimate of drug-likeness (QED) is 0.674. The van der Waals surface area contributed by atoms with E-state index in [2.05, 4.69) is 9.97 Å². The molecule has 2 heterocycles. The van der Waals surface area contributed by atoms with Crippen LogP contribution in [0.1, 0.15) is 13.8 Å². The zero-order valence-corrected chi connectivity index (χ0v) is 10.4. The van der Waals surface area contributed by atoms with Gasteiger partial charge in [0.25, 0.3) is 0 Å².